The van der Waals surface area contributed by atoms with E-state index in [0.29, 0.717) is 31.4 Å². The molecule has 0 radical (unpaired) electrons. The van der Waals surface area contributed by atoms with Crippen molar-refractivity contribution in [2.75, 3.05) is 50.5 Å². The van der Waals surface area contributed by atoms with Gasteiger partial charge in [-0.25, -0.2) is 13.4 Å². The first-order valence-corrected chi connectivity index (χ1v) is 13.4. The molecule has 1 aliphatic rings. The molecule has 3 aromatic rings. The summed E-state index contributed by atoms with van der Waals surface area (Å²) < 4.78 is 31.1. The van der Waals surface area contributed by atoms with Crippen LogP contribution in [0.3, 0.4) is 0 Å². The van der Waals surface area contributed by atoms with E-state index in [9.17, 15) is 13.2 Å². The van der Waals surface area contributed by atoms with Gasteiger partial charge in [-0.15, -0.1) is 0 Å². The van der Waals surface area contributed by atoms with Gasteiger partial charge in [0.15, 0.2) is 15.0 Å². The largest absolute Gasteiger partial charge is 0.379 e. The minimum Gasteiger partial charge on any atom is -0.379 e. The monoisotopic (exact) mass is 473 g/mol. The van der Waals surface area contributed by atoms with Crippen LogP contribution in [0, 0.1) is 0 Å². The molecule has 1 saturated heterocycles. The van der Waals surface area contributed by atoms with Gasteiger partial charge in [-0.2, -0.15) is 0 Å². The van der Waals surface area contributed by atoms with Gasteiger partial charge < -0.3 is 4.74 Å². The van der Waals surface area contributed by atoms with E-state index in [4.69, 9.17) is 9.72 Å². The van der Waals surface area contributed by atoms with E-state index in [0.717, 1.165) is 41.5 Å². The van der Waals surface area contributed by atoms with Crippen LogP contribution in [0.2, 0.25) is 0 Å². The predicted molar refractivity (Wildman–Crippen MR) is 127 cm³/mol. The minimum atomic E-state index is -3.56. The maximum Gasteiger partial charge on any atom is 0.261 e. The number of nitrogens with zero attached hydrogens (tertiary/aromatic N) is 3. The van der Waals surface area contributed by atoms with E-state index in [1.165, 1.54) is 17.4 Å². The van der Waals surface area contributed by atoms with Crippen LogP contribution in [0.25, 0.3) is 10.2 Å². The van der Waals surface area contributed by atoms with Crippen LogP contribution in [0.1, 0.15) is 22.8 Å². The number of anilines is 1. The Kier molecular flexibility index (Phi) is 6.90. The first-order valence-electron chi connectivity index (χ1n) is 10.7. The molecule has 0 saturated carbocycles. The molecule has 4 rings (SSSR count). The smallest absolute Gasteiger partial charge is 0.261 e. The van der Waals surface area contributed by atoms with Gasteiger partial charge in [0, 0.05) is 32.4 Å². The van der Waals surface area contributed by atoms with Gasteiger partial charge >= 0.3 is 0 Å². The molecule has 1 fully saturated rings. The summed E-state index contributed by atoms with van der Waals surface area (Å²) in [6.07, 6.45) is 1.97. The fraction of sp³-hybridized carbons (Fsp3) is 0.391. The number of ether oxygens (including phenoxy) is 1. The molecule has 2 heterocycles. The molecule has 7 nitrogen and oxygen atoms in total. The van der Waals surface area contributed by atoms with E-state index in [1.807, 2.05) is 18.2 Å². The number of para-hydroxylation sites is 1. The molecule has 0 spiro atoms. The lowest BCUT2D eigenvalue weighted by Gasteiger charge is -2.29. The summed E-state index contributed by atoms with van der Waals surface area (Å²) in [4.78, 5) is 22.4. The van der Waals surface area contributed by atoms with Crippen LogP contribution in [0.5, 0.6) is 0 Å². The first-order chi connectivity index (χ1) is 15.4. The van der Waals surface area contributed by atoms with Gasteiger partial charge in [0.1, 0.15) is 0 Å². The third-order valence-electron chi connectivity index (χ3n) is 5.61. The highest BCUT2D eigenvalue weighted by molar-refractivity contribution is 7.90. The molecule has 170 valence electrons. The minimum absolute atomic E-state index is 0.0386. The van der Waals surface area contributed by atoms with Gasteiger partial charge in [0.05, 0.1) is 33.9 Å². The summed E-state index contributed by atoms with van der Waals surface area (Å²) in [6, 6.07) is 12.4. The van der Waals surface area contributed by atoms with Crippen LogP contribution in [0.4, 0.5) is 5.13 Å². The molecule has 9 heteroatoms. The number of hydrogen-bond donors (Lipinski definition) is 0. The number of hydrogen-bond acceptors (Lipinski definition) is 7. The summed E-state index contributed by atoms with van der Waals surface area (Å²) in [5, 5.41) is 0.586. The molecule has 1 amide bonds. The fourth-order valence-corrected chi connectivity index (χ4v) is 5.78. The standard InChI is InChI=1S/C23H27N3O4S2/c1-3-17-7-6-9-19-21(17)24-23(31-19)26(12-11-25-13-15-30-16-14-25)22(27)18-8-4-5-10-20(18)32(2,28)29/h4-10H,3,11-16H2,1-2H3. The van der Waals surface area contributed by atoms with E-state index in [2.05, 4.69) is 11.8 Å². The summed E-state index contributed by atoms with van der Waals surface area (Å²) in [7, 11) is -3.56. The van der Waals surface area contributed by atoms with Crippen LogP contribution < -0.4 is 4.90 Å². The maximum atomic E-state index is 13.7. The Balaban J connectivity index is 1.74. The number of amides is 1. The van der Waals surface area contributed by atoms with Crippen molar-refractivity contribution in [3.05, 3.63) is 53.6 Å². The van der Waals surface area contributed by atoms with E-state index >= 15 is 0 Å². The SMILES string of the molecule is CCc1cccc2sc(N(CCN3CCOCC3)C(=O)c3ccccc3S(C)(=O)=O)nc12. The van der Waals surface area contributed by atoms with E-state index in [1.54, 1.807) is 23.1 Å². The topological polar surface area (TPSA) is 79.8 Å². The molecule has 0 N–H and O–H groups in total. The van der Waals surface area contributed by atoms with E-state index in [-0.39, 0.29) is 16.4 Å². The van der Waals surface area contributed by atoms with E-state index < -0.39 is 9.84 Å². The Labute approximate surface area is 192 Å². The third kappa shape index (κ3) is 4.85. The molecule has 0 unspecified atom stereocenters. The van der Waals surface area contributed by atoms with Crippen LogP contribution in [-0.4, -0.2) is 69.9 Å². The zero-order valence-corrected chi connectivity index (χ0v) is 19.9. The summed E-state index contributed by atoms with van der Waals surface area (Å²) in [5.74, 6) is -0.351. The van der Waals surface area contributed by atoms with Crippen LogP contribution in [0.15, 0.2) is 47.4 Å². The quantitative estimate of drug-likeness (QED) is 0.524. The van der Waals surface area contributed by atoms with Crippen LogP contribution in [-0.2, 0) is 21.0 Å². The third-order valence-corrected chi connectivity index (χ3v) is 7.81. The number of aryl methyl sites for hydroxylation is 1. The molecule has 0 atom stereocenters. The molecule has 32 heavy (non-hydrogen) atoms. The van der Waals surface area contributed by atoms with Crippen molar-refractivity contribution in [3.63, 3.8) is 0 Å². The zero-order chi connectivity index (χ0) is 22.7. The predicted octanol–water partition coefficient (Wildman–Crippen LogP) is 3.24. The Morgan fingerprint density at radius 1 is 1.16 bits per heavy atom. The van der Waals surface area contributed by atoms with Crippen molar-refractivity contribution >= 4 is 42.4 Å². The van der Waals surface area contributed by atoms with Crippen molar-refractivity contribution in [1.29, 1.82) is 0 Å². The highest BCUT2D eigenvalue weighted by Gasteiger charge is 2.27. The van der Waals surface area contributed by atoms with Gasteiger partial charge in [-0.1, -0.05) is 42.5 Å². The van der Waals surface area contributed by atoms with Gasteiger partial charge in [-0.3, -0.25) is 14.6 Å². The number of fused-ring (bicyclic) bond motifs is 1. The number of thiazole rings is 1. The molecule has 0 aliphatic carbocycles. The van der Waals surface area contributed by atoms with Crippen molar-refractivity contribution in [3.8, 4) is 0 Å². The number of morpholine rings is 1. The molecular formula is C23H27N3O4S2. The number of carbonyl (C=O) groups excluding carboxylic acids is 1. The van der Waals surface area contributed by atoms with Gasteiger partial charge in [0.25, 0.3) is 5.91 Å². The molecule has 0 bridgehead atoms. The normalized spacial score (nSPS) is 15.2. The summed E-state index contributed by atoms with van der Waals surface area (Å²) >= 11 is 1.46. The van der Waals surface area contributed by atoms with Crippen molar-refractivity contribution in [2.24, 2.45) is 0 Å². The molecule has 1 aliphatic heterocycles. The number of aromatic nitrogens is 1. The highest BCUT2D eigenvalue weighted by Crippen LogP contribution is 2.32. The maximum absolute atomic E-state index is 13.7. The Morgan fingerprint density at radius 2 is 1.91 bits per heavy atom. The Hall–Kier alpha value is -2.33. The second kappa shape index (κ2) is 9.66. The Bertz CT molecular complexity index is 1220. The first kappa shape index (κ1) is 22.8. The summed E-state index contributed by atoms with van der Waals surface area (Å²) in [5.41, 5.74) is 2.20. The molecule has 1 aromatic heterocycles. The molecular weight excluding hydrogens is 446 g/mol. The fourth-order valence-electron chi connectivity index (χ4n) is 3.86. The number of benzene rings is 2. The average Bonchev–Trinajstić information content (AvgIpc) is 3.23. The Morgan fingerprint density at radius 3 is 2.62 bits per heavy atom. The van der Waals surface area contributed by atoms with Crippen molar-refractivity contribution in [1.82, 2.24) is 9.88 Å². The number of carbonyl (C=O) groups is 1. The molecule has 2 aromatic carbocycles. The second-order valence-electron chi connectivity index (χ2n) is 7.79. The number of rotatable bonds is 7. The van der Waals surface area contributed by atoms with Gasteiger partial charge in [-0.05, 0) is 30.2 Å². The highest BCUT2D eigenvalue weighted by atomic mass is 32.2. The summed E-state index contributed by atoms with van der Waals surface area (Å²) in [6.45, 7) is 6.11. The number of sulfone groups is 1. The van der Waals surface area contributed by atoms with Crippen LogP contribution >= 0.6 is 11.3 Å². The zero-order valence-electron chi connectivity index (χ0n) is 18.3. The second-order valence-corrected chi connectivity index (χ2v) is 10.8. The lowest BCUT2D eigenvalue weighted by atomic mass is 10.1. The lowest BCUT2D eigenvalue weighted by molar-refractivity contribution is 0.0391. The van der Waals surface area contributed by atoms with Crippen molar-refractivity contribution in [2.45, 2.75) is 18.2 Å². The average molecular weight is 474 g/mol. The van der Waals surface area contributed by atoms with Crippen molar-refractivity contribution < 1.29 is 17.9 Å². The lowest BCUT2D eigenvalue weighted by Crippen LogP contribution is -2.43. The van der Waals surface area contributed by atoms with Gasteiger partial charge in [0.2, 0.25) is 0 Å².